The number of thioether (sulfide) groups is 1. The summed E-state index contributed by atoms with van der Waals surface area (Å²) in [5.41, 5.74) is 1.33. The van der Waals surface area contributed by atoms with Crippen molar-refractivity contribution in [2.75, 3.05) is 13.1 Å². The number of hydrogen-bond acceptors (Lipinski definition) is 5. The molecule has 1 aliphatic rings. The van der Waals surface area contributed by atoms with Gasteiger partial charge in [-0.05, 0) is 50.5 Å². The molecule has 0 spiro atoms. The van der Waals surface area contributed by atoms with Gasteiger partial charge in [0, 0.05) is 19.3 Å². The van der Waals surface area contributed by atoms with E-state index in [1.165, 1.54) is 16.3 Å². The molecule has 1 saturated heterocycles. The summed E-state index contributed by atoms with van der Waals surface area (Å²) in [6.45, 7) is 5.40. The van der Waals surface area contributed by atoms with E-state index < -0.39 is 0 Å². The second-order valence-electron chi connectivity index (χ2n) is 6.99. The Balaban J connectivity index is 1.82. The van der Waals surface area contributed by atoms with E-state index in [-0.39, 0.29) is 16.7 Å². The fourth-order valence-electron chi connectivity index (χ4n) is 3.49. The molecule has 1 amide bonds. The molecule has 7 heteroatoms. The minimum absolute atomic E-state index is 0.0919. The van der Waals surface area contributed by atoms with Gasteiger partial charge in [-0.25, -0.2) is 14.5 Å². The Hall–Kier alpha value is -2.67. The molecule has 144 valence electrons. The van der Waals surface area contributed by atoms with Crippen LogP contribution in [0.3, 0.4) is 0 Å². The lowest BCUT2D eigenvalue weighted by atomic mass is 10.2. The second kappa shape index (κ2) is 7.75. The van der Waals surface area contributed by atoms with Crippen molar-refractivity contribution in [2.45, 2.75) is 37.1 Å². The van der Waals surface area contributed by atoms with E-state index in [0.717, 1.165) is 31.5 Å². The number of pyridine rings is 1. The largest absolute Gasteiger partial charge is 0.342 e. The minimum atomic E-state index is -0.332. The van der Waals surface area contributed by atoms with Crippen molar-refractivity contribution in [3.05, 3.63) is 58.5 Å². The molecular formula is C21H22N4O2S. The molecule has 4 rings (SSSR count). The summed E-state index contributed by atoms with van der Waals surface area (Å²) in [5, 5.41) is 0.697. The van der Waals surface area contributed by atoms with E-state index in [9.17, 15) is 9.59 Å². The van der Waals surface area contributed by atoms with E-state index in [2.05, 4.69) is 4.98 Å². The first-order chi connectivity index (χ1) is 13.6. The number of rotatable bonds is 4. The Kier molecular flexibility index (Phi) is 5.17. The molecule has 3 heterocycles. The standard InChI is InChI=1S/C21H22N4O2S/c1-14-8-7-11-22-18(14)25-20(27)16-9-3-4-10-17(16)23-21(25)28-15(2)19(26)24-12-5-6-13-24/h3-4,7-11,15H,5-6,12-13H2,1-2H3/t15-/m0/s1. The summed E-state index contributed by atoms with van der Waals surface area (Å²) < 4.78 is 1.54. The molecule has 2 aromatic heterocycles. The van der Waals surface area contributed by atoms with Crippen LogP contribution < -0.4 is 5.56 Å². The minimum Gasteiger partial charge on any atom is -0.342 e. The number of para-hydroxylation sites is 1. The number of carbonyl (C=O) groups excluding carboxylic acids is 1. The van der Waals surface area contributed by atoms with Crippen LogP contribution >= 0.6 is 11.8 Å². The molecule has 0 bridgehead atoms. The van der Waals surface area contributed by atoms with Gasteiger partial charge in [-0.2, -0.15) is 0 Å². The van der Waals surface area contributed by atoms with Gasteiger partial charge in [0.2, 0.25) is 5.91 Å². The van der Waals surface area contributed by atoms with Gasteiger partial charge in [-0.1, -0.05) is 30.0 Å². The molecule has 1 atom stereocenters. The third kappa shape index (κ3) is 3.42. The van der Waals surface area contributed by atoms with Gasteiger partial charge in [-0.15, -0.1) is 0 Å². The summed E-state index contributed by atoms with van der Waals surface area (Å²) in [7, 11) is 0. The SMILES string of the molecule is Cc1cccnc1-n1c(S[C@@H](C)C(=O)N2CCCC2)nc2ccccc2c1=O. The van der Waals surface area contributed by atoms with Gasteiger partial charge in [-0.3, -0.25) is 9.59 Å². The van der Waals surface area contributed by atoms with Crippen LogP contribution in [0.1, 0.15) is 25.3 Å². The lowest BCUT2D eigenvalue weighted by molar-refractivity contribution is -0.129. The first kappa shape index (κ1) is 18.7. The average molecular weight is 395 g/mol. The van der Waals surface area contributed by atoms with Crippen LogP contribution in [0.2, 0.25) is 0 Å². The number of amides is 1. The molecule has 0 N–H and O–H groups in total. The van der Waals surface area contributed by atoms with Crippen molar-refractivity contribution in [3.8, 4) is 5.82 Å². The monoisotopic (exact) mass is 394 g/mol. The maximum atomic E-state index is 13.3. The normalized spacial score (nSPS) is 15.1. The predicted molar refractivity (Wildman–Crippen MR) is 111 cm³/mol. The van der Waals surface area contributed by atoms with Crippen LogP contribution in [0.5, 0.6) is 0 Å². The van der Waals surface area contributed by atoms with Crippen molar-refractivity contribution < 1.29 is 4.79 Å². The molecule has 6 nitrogen and oxygen atoms in total. The smallest absolute Gasteiger partial charge is 0.267 e. The Morgan fingerprint density at radius 1 is 1.14 bits per heavy atom. The zero-order valence-corrected chi connectivity index (χ0v) is 16.8. The highest BCUT2D eigenvalue weighted by atomic mass is 32.2. The van der Waals surface area contributed by atoms with E-state index in [0.29, 0.717) is 21.9 Å². The van der Waals surface area contributed by atoms with Gasteiger partial charge in [0.05, 0.1) is 16.2 Å². The number of fused-ring (bicyclic) bond motifs is 1. The average Bonchev–Trinajstić information content (AvgIpc) is 3.23. The zero-order chi connectivity index (χ0) is 19.7. The topological polar surface area (TPSA) is 68.1 Å². The van der Waals surface area contributed by atoms with Crippen LogP contribution in [-0.4, -0.2) is 43.7 Å². The Morgan fingerprint density at radius 3 is 2.64 bits per heavy atom. The van der Waals surface area contributed by atoms with Crippen molar-refractivity contribution in [1.82, 2.24) is 19.4 Å². The number of benzene rings is 1. The third-order valence-electron chi connectivity index (χ3n) is 4.99. The van der Waals surface area contributed by atoms with Crippen LogP contribution in [0.15, 0.2) is 52.5 Å². The quantitative estimate of drug-likeness (QED) is 0.502. The first-order valence-electron chi connectivity index (χ1n) is 9.45. The molecular weight excluding hydrogens is 372 g/mol. The summed E-state index contributed by atoms with van der Waals surface area (Å²) in [4.78, 5) is 37.1. The van der Waals surface area contributed by atoms with Crippen LogP contribution in [0.4, 0.5) is 0 Å². The maximum Gasteiger partial charge on any atom is 0.267 e. The van der Waals surface area contributed by atoms with Gasteiger partial charge in [0.1, 0.15) is 5.82 Å². The van der Waals surface area contributed by atoms with Crippen molar-refractivity contribution >= 4 is 28.6 Å². The summed E-state index contributed by atoms with van der Waals surface area (Å²) in [6.07, 6.45) is 3.77. The zero-order valence-electron chi connectivity index (χ0n) is 16.0. The molecule has 28 heavy (non-hydrogen) atoms. The Morgan fingerprint density at radius 2 is 1.89 bits per heavy atom. The molecule has 0 saturated carbocycles. The van der Waals surface area contributed by atoms with E-state index in [1.54, 1.807) is 12.3 Å². The van der Waals surface area contributed by atoms with E-state index in [4.69, 9.17) is 4.98 Å². The highest BCUT2D eigenvalue weighted by Gasteiger charge is 2.26. The third-order valence-corrected chi connectivity index (χ3v) is 6.03. The summed E-state index contributed by atoms with van der Waals surface area (Å²) in [6, 6.07) is 11.0. The van der Waals surface area contributed by atoms with Crippen LogP contribution in [0.25, 0.3) is 16.7 Å². The summed E-state index contributed by atoms with van der Waals surface area (Å²) >= 11 is 1.32. The molecule has 1 aromatic carbocycles. The van der Waals surface area contributed by atoms with Crippen LogP contribution in [-0.2, 0) is 4.79 Å². The fraction of sp³-hybridized carbons (Fsp3) is 0.333. The molecule has 0 aliphatic carbocycles. The number of likely N-dealkylation sites (tertiary alicyclic amines) is 1. The first-order valence-corrected chi connectivity index (χ1v) is 10.3. The van der Waals surface area contributed by atoms with Crippen molar-refractivity contribution in [3.63, 3.8) is 0 Å². The number of carbonyl (C=O) groups is 1. The molecule has 1 aliphatic heterocycles. The summed E-state index contributed by atoms with van der Waals surface area (Å²) in [5.74, 6) is 0.642. The molecule has 0 radical (unpaired) electrons. The van der Waals surface area contributed by atoms with E-state index in [1.807, 2.05) is 49.1 Å². The molecule has 3 aromatic rings. The Bertz CT molecular complexity index is 1090. The number of nitrogens with zero attached hydrogens (tertiary/aromatic N) is 4. The highest BCUT2D eigenvalue weighted by molar-refractivity contribution is 8.00. The van der Waals surface area contributed by atoms with Crippen molar-refractivity contribution in [2.24, 2.45) is 0 Å². The number of hydrogen-bond donors (Lipinski definition) is 0. The molecule has 0 unspecified atom stereocenters. The number of aromatic nitrogens is 3. The van der Waals surface area contributed by atoms with Gasteiger partial charge < -0.3 is 4.90 Å². The second-order valence-corrected chi connectivity index (χ2v) is 8.30. The van der Waals surface area contributed by atoms with E-state index >= 15 is 0 Å². The molecule has 1 fully saturated rings. The Labute approximate surface area is 167 Å². The van der Waals surface area contributed by atoms with Gasteiger partial charge in [0.15, 0.2) is 5.16 Å². The lowest BCUT2D eigenvalue weighted by Gasteiger charge is -2.21. The van der Waals surface area contributed by atoms with Crippen LogP contribution in [0, 0.1) is 6.92 Å². The fourth-order valence-corrected chi connectivity index (χ4v) is 4.48. The van der Waals surface area contributed by atoms with Crippen molar-refractivity contribution in [1.29, 1.82) is 0 Å². The van der Waals surface area contributed by atoms with Gasteiger partial charge in [0.25, 0.3) is 5.56 Å². The maximum absolute atomic E-state index is 13.3. The predicted octanol–water partition coefficient (Wildman–Crippen LogP) is 3.19. The lowest BCUT2D eigenvalue weighted by Crippen LogP contribution is -2.34. The van der Waals surface area contributed by atoms with Gasteiger partial charge >= 0.3 is 0 Å². The number of aryl methyl sites for hydroxylation is 1. The highest BCUT2D eigenvalue weighted by Crippen LogP contribution is 2.27.